The van der Waals surface area contributed by atoms with Crippen LogP contribution in [-0.4, -0.2) is 69.1 Å². The van der Waals surface area contributed by atoms with Gasteiger partial charge in [-0.3, -0.25) is 4.99 Å². The SMILES string of the molecule is C/N=C(\C/C=C\CNC)N1CCCC(CN(C)C(=O)OCc2ccccc2)(C(C)C)C1. The summed E-state index contributed by atoms with van der Waals surface area (Å²) in [6, 6.07) is 9.82. The molecule has 0 spiro atoms. The molecule has 1 atom stereocenters. The first-order chi connectivity index (χ1) is 14.9. The van der Waals surface area contributed by atoms with Crippen LogP contribution >= 0.6 is 0 Å². The zero-order chi connectivity index (χ0) is 22.7. The normalized spacial score (nSPS) is 19.8. The van der Waals surface area contributed by atoms with E-state index in [0.29, 0.717) is 19.1 Å². The molecule has 1 aliphatic heterocycles. The van der Waals surface area contributed by atoms with Crippen molar-refractivity contribution in [2.75, 3.05) is 47.3 Å². The van der Waals surface area contributed by atoms with Crippen molar-refractivity contribution in [1.82, 2.24) is 15.1 Å². The average Bonchev–Trinajstić information content (AvgIpc) is 2.78. The minimum atomic E-state index is -0.264. The second-order valence-electron chi connectivity index (χ2n) is 8.81. The number of aliphatic imine (C=N–C) groups is 1. The van der Waals surface area contributed by atoms with Gasteiger partial charge in [-0.05, 0) is 31.4 Å². The Labute approximate surface area is 188 Å². The van der Waals surface area contributed by atoms with Gasteiger partial charge in [0, 0.05) is 52.1 Å². The summed E-state index contributed by atoms with van der Waals surface area (Å²) in [5, 5.41) is 3.13. The zero-order valence-corrected chi connectivity index (χ0v) is 19.9. The van der Waals surface area contributed by atoms with Crippen molar-refractivity contribution in [2.45, 2.75) is 39.7 Å². The highest BCUT2D eigenvalue weighted by atomic mass is 16.6. The molecule has 1 aromatic carbocycles. The molecule has 1 aliphatic rings. The first-order valence-corrected chi connectivity index (χ1v) is 11.3. The molecule has 31 heavy (non-hydrogen) atoms. The van der Waals surface area contributed by atoms with Gasteiger partial charge < -0.3 is 19.9 Å². The number of likely N-dealkylation sites (N-methyl/N-ethyl adjacent to an activating group) is 1. The summed E-state index contributed by atoms with van der Waals surface area (Å²) in [5.74, 6) is 1.56. The van der Waals surface area contributed by atoms with Crippen molar-refractivity contribution < 1.29 is 9.53 Å². The Hall–Kier alpha value is -2.34. The minimum Gasteiger partial charge on any atom is -0.445 e. The molecule has 1 saturated heterocycles. The number of amides is 1. The standard InChI is InChI=1S/C25H40N4O2/c1-21(2)25(19-28(5)24(30)31-18-22-12-7-6-8-13-22)15-11-17-29(20-25)23(27-4)14-9-10-16-26-3/h6-10,12-13,21,26H,11,14-20H2,1-5H3/b10-9-,27-23+. The van der Waals surface area contributed by atoms with Crippen molar-refractivity contribution >= 4 is 11.9 Å². The van der Waals surface area contributed by atoms with Gasteiger partial charge in [-0.2, -0.15) is 0 Å². The quantitative estimate of drug-likeness (QED) is 0.364. The Kier molecular flexibility index (Phi) is 10.0. The minimum absolute atomic E-state index is 0.0173. The summed E-state index contributed by atoms with van der Waals surface area (Å²) in [5.41, 5.74) is 1.02. The molecule has 6 nitrogen and oxygen atoms in total. The molecule has 0 aromatic heterocycles. The molecule has 2 rings (SSSR count). The number of nitrogens with one attached hydrogen (secondary N) is 1. The van der Waals surface area contributed by atoms with Gasteiger partial charge in [0.1, 0.15) is 12.4 Å². The lowest BCUT2D eigenvalue weighted by Crippen LogP contribution is -2.53. The van der Waals surface area contributed by atoms with Crippen molar-refractivity contribution in [3.05, 3.63) is 48.0 Å². The fraction of sp³-hybridized carbons (Fsp3) is 0.600. The Balaban J connectivity index is 2.01. The number of likely N-dealkylation sites (tertiary alicyclic amines) is 1. The Morgan fingerprint density at radius 1 is 1.32 bits per heavy atom. The number of hydrogen-bond donors (Lipinski definition) is 1. The lowest BCUT2D eigenvalue weighted by atomic mass is 9.71. The molecule has 1 fully saturated rings. The number of carbonyl (C=O) groups excluding carboxylic acids is 1. The maximum atomic E-state index is 12.7. The van der Waals surface area contributed by atoms with Crippen LogP contribution in [0.2, 0.25) is 0 Å². The van der Waals surface area contributed by atoms with Crippen molar-refractivity contribution in [3.63, 3.8) is 0 Å². The van der Waals surface area contributed by atoms with E-state index in [-0.39, 0.29) is 11.5 Å². The van der Waals surface area contributed by atoms with Crippen LogP contribution in [0.5, 0.6) is 0 Å². The van der Waals surface area contributed by atoms with Crippen LogP contribution in [0.15, 0.2) is 47.5 Å². The number of hydrogen-bond acceptors (Lipinski definition) is 4. The first-order valence-electron chi connectivity index (χ1n) is 11.3. The van der Waals surface area contributed by atoms with E-state index in [9.17, 15) is 4.79 Å². The van der Waals surface area contributed by atoms with Gasteiger partial charge in [-0.1, -0.05) is 56.3 Å². The third-order valence-corrected chi connectivity index (χ3v) is 6.31. The maximum Gasteiger partial charge on any atom is 0.409 e. The summed E-state index contributed by atoms with van der Waals surface area (Å²) >= 11 is 0. The van der Waals surface area contributed by atoms with Gasteiger partial charge in [0.2, 0.25) is 0 Å². The highest BCUT2D eigenvalue weighted by Gasteiger charge is 2.40. The summed E-state index contributed by atoms with van der Waals surface area (Å²) in [6.45, 7) is 8.31. The van der Waals surface area contributed by atoms with Gasteiger partial charge in [0.05, 0.1) is 0 Å². The predicted molar refractivity (Wildman–Crippen MR) is 128 cm³/mol. The summed E-state index contributed by atoms with van der Waals surface area (Å²) in [7, 11) is 5.67. The number of amidine groups is 1. The number of carbonyl (C=O) groups is 1. The van der Waals surface area contributed by atoms with E-state index in [0.717, 1.165) is 50.3 Å². The van der Waals surface area contributed by atoms with Gasteiger partial charge in [-0.15, -0.1) is 0 Å². The molecule has 1 N–H and O–H groups in total. The topological polar surface area (TPSA) is 57.2 Å². The number of nitrogens with zero attached hydrogens (tertiary/aromatic N) is 3. The summed E-state index contributed by atoms with van der Waals surface area (Å²) < 4.78 is 5.56. The summed E-state index contributed by atoms with van der Waals surface area (Å²) in [6.07, 6.45) is 7.09. The molecular weight excluding hydrogens is 388 g/mol. The van der Waals surface area contributed by atoms with E-state index in [1.807, 2.05) is 51.5 Å². The number of rotatable bonds is 9. The third-order valence-electron chi connectivity index (χ3n) is 6.31. The molecule has 0 bridgehead atoms. The lowest BCUT2D eigenvalue weighted by Gasteiger charge is -2.48. The first kappa shape index (κ1) is 24.9. The van der Waals surface area contributed by atoms with Crippen LogP contribution < -0.4 is 5.32 Å². The van der Waals surface area contributed by atoms with Crippen LogP contribution in [0, 0.1) is 11.3 Å². The van der Waals surface area contributed by atoms with E-state index < -0.39 is 0 Å². The van der Waals surface area contributed by atoms with E-state index in [4.69, 9.17) is 4.74 Å². The fourth-order valence-electron chi connectivity index (χ4n) is 4.28. The summed E-state index contributed by atoms with van der Waals surface area (Å²) in [4.78, 5) is 21.4. The highest BCUT2D eigenvalue weighted by molar-refractivity contribution is 5.83. The number of piperidine rings is 1. The van der Waals surface area contributed by atoms with E-state index in [1.165, 1.54) is 0 Å². The molecule has 6 heteroatoms. The molecule has 1 unspecified atom stereocenters. The predicted octanol–water partition coefficient (Wildman–Crippen LogP) is 4.19. The molecule has 1 aromatic rings. The van der Waals surface area contributed by atoms with Crippen molar-refractivity contribution in [2.24, 2.45) is 16.3 Å². The molecule has 1 heterocycles. The van der Waals surface area contributed by atoms with Crippen LogP contribution in [0.1, 0.15) is 38.7 Å². The molecule has 172 valence electrons. The zero-order valence-electron chi connectivity index (χ0n) is 19.9. The lowest BCUT2D eigenvalue weighted by molar-refractivity contribution is 0.0354. The van der Waals surface area contributed by atoms with Crippen LogP contribution in [0.25, 0.3) is 0 Å². The second-order valence-corrected chi connectivity index (χ2v) is 8.81. The number of ether oxygens (including phenoxy) is 1. The maximum absolute atomic E-state index is 12.7. The molecule has 1 amide bonds. The largest absolute Gasteiger partial charge is 0.445 e. The molecule has 0 saturated carbocycles. The highest BCUT2D eigenvalue weighted by Crippen LogP contribution is 2.38. The monoisotopic (exact) mass is 428 g/mol. The Morgan fingerprint density at radius 2 is 2.06 bits per heavy atom. The second kappa shape index (κ2) is 12.5. The van der Waals surface area contributed by atoms with Crippen LogP contribution in [-0.2, 0) is 11.3 Å². The van der Waals surface area contributed by atoms with Gasteiger partial charge >= 0.3 is 6.09 Å². The Morgan fingerprint density at radius 3 is 2.71 bits per heavy atom. The van der Waals surface area contributed by atoms with Gasteiger partial charge in [0.15, 0.2) is 0 Å². The van der Waals surface area contributed by atoms with Gasteiger partial charge in [0.25, 0.3) is 0 Å². The molecule has 0 radical (unpaired) electrons. The smallest absolute Gasteiger partial charge is 0.409 e. The van der Waals surface area contributed by atoms with Crippen molar-refractivity contribution in [3.8, 4) is 0 Å². The number of benzene rings is 1. The Bertz CT molecular complexity index is 732. The molecule has 0 aliphatic carbocycles. The van der Waals surface area contributed by atoms with Crippen LogP contribution in [0.3, 0.4) is 0 Å². The van der Waals surface area contributed by atoms with Gasteiger partial charge in [-0.25, -0.2) is 4.79 Å². The average molecular weight is 429 g/mol. The third kappa shape index (κ3) is 7.39. The van der Waals surface area contributed by atoms with E-state index in [1.54, 1.807) is 4.90 Å². The van der Waals surface area contributed by atoms with Crippen molar-refractivity contribution in [1.29, 1.82) is 0 Å². The fourth-order valence-corrected chi connectivity index (χ4v) is 4.28. The van der Waals surface area contributed by atoms with E-state index in [2.05, 4.69) is 41.2 Å². The molecular formula is C25H40N4O2. The van der Waals surface area contributed by atoms with E-state index >= 15 is 0 Å². The van der Waals surface area contributed by atoms with Crippen LogP contribution in [0.4, 0.5) is 4.79 Å².